The fourth-order valence-corrected chi connectivity index (χ4v) is 4.56. The quantitative estimate of drug-likeness (QED) is 0.530. The van der Waals surface area contributed by atoms with Crippen LogP contribution in [0.5, 0.6) is 0 Å². The molecule has 3 N–H and O–H groups in total. The van der Waals surface area contributed by atoms with Gasteiger partial charge in [0.05, 0.1) is 10.5 Å². The predicted octanol–water partition coefficient (Wildman–Crippen LogP) is 3.08. The Labute approximate surface area is 198 Å². The van der Waals surface area contributed by atoms with E-state index in [0.717, 1.165) is 43.6 Å². The van der Waals surface area contributed by atoms with Crippen LogP contribution in [0.2, 0.25) is 0 Å². The zero-order valence-corrected chi connectivity index (χ0v) is 19.6. The Hall–Kier alpha value is -3.08. The lowest BCUT2D eigenvalue weighted by molar-refractivity contribution is 0.0926. The van der Waals surface area contributed by atoms with Crippen LogP contribution in [0.25, 0.3) is 11.3 Å². The van der Waals surface area contributed by atoms with Crippen molar-refractivity contribution < 1.29 is 22.1 Å². The number of carbonyl (C=O) groups excluding carboxylic acids is 1. The minimum atomic E-state index is -3.69. The van der Waals surface area contributed by atoms with Crippen LogP contribution in [0.15, 0.2) is 57.9 Å². The maximum absolute atomic E-state index is 14.2. The van der Waals surface area contributed by atoms with Gasteiger partial charge in [-0.1, -0.05) is 23.4 Å². The van der Waals surface area contributed by atoms with Crippen molar-refractivity contribution >= 4 is 15.9 Å². The molecule has 0 unspecified atom stereocenters. The number of piperidine rings is 1. The van der Waals surface area contributed by atoms with E-state index >= 15 is 0 Å². The van der Waals surface area contributed by atoms with Crippen molar-refractivity contribution in [1.82, 2.24) is 15.4 Å². The number of likely N-dealkylation sites (tertiary alicyclic amines) is 1. The molecule has 3 aromatic rings. The molecular formula is C24H27FN4O4S. The average molecular weight is 487 g/mol. The fraction of sp³-hybridized carbons (Fsp3) is 0.333. The number of nitrogens with zero attached hydrogens (tertiary/aromatic N) is 2. The first-order valence-corrected chi connectivity index (χ1v) is 12.6. The van der Waals surface area contributed by atoms with E-state index in [0.29, 0.717) is 12.5 Å². The predicted molar refractivity (Wildman–Crippen MR) is 125 cm³/mol. The van der Waals surface area contributed by atoms with Gasteiger partial charge in [-0.2, -0.15) is 0 Å². The van der Waals surface area contributed by atoms with Gasteiger partial charge >= 0.3 is 0 Å². The van der Waals surface area contributed by atoms with E-state index in [2.05, 4.69) is 15.4 Å². The first-order valence-electron chi connectivity index (χ1n) is 11.0. The van der Waals surface area contributed by atoms with Crippen molar-refractivity contribution in [2.24, 2.45) is 11.1 Å². The van der Waals surface area contributed by atoms with Gasteiger partial charge in [-0.05, 0) is 74.2 Å². The molecule has 1 aliphatic heterocycles. The molecule has 0 spiro atoms. The first-order chi connectivity index (χ1) is 16.2. The summed E-state index contributed by atoms with van der Waals surface area (Å²) in [6.45, 7) is 4.79. The number of benzene rings is 2. The van der Waals surface area contributed by atoms with E-state index in [1.54, 1.807) is 31.2 Å². The number of aryl methyl sites for hydroxylation is 1. The van der Waals surface area contributed by atoms with Crippen molar-refractivity contribution in [2.75, 3.05) is 19.6 Å². The smallest absolute Gasteiger partial charge is 0.273 e. The van der Waals surface area contributed by atoms with Crippen molar-refractivity contribution in [3.8, 4) is 11.3 Å². The third kappa shape index (κ3) is 5.88. The van der Waals surface area contributed by atoms with Crippen molar-refractivity contribution in [1.29, 1.82) is 0 Å². The molecule has 180 valence electrons. The zero-order valence-electron chi connectivity index (χ0n) is 18.8. The summed E-state index contributed by atoms with van der Waals surface area (Å²) in [6.07, 6.45) is 1.85. The van der Waals surface area contributed by atoms with Gasteiger partial charge in [0.1, 0.15) is 5.82 Å². The average Bonchev–Trinajstić information content (AvgIpc) is 3.28. The number of sulfonamides is 1. The number of primary sulfonamides is 1. The number of rotatable bonds is 7. The fourth-order valence-electron chi connectivity index (χ4n) is 4.05. The summed E-state index contributed by atoms with van der Waals surface area (Å²) < 4.78 is 42.1. The van der Waals surface area contributed by atoms with Crippen molar-refractivity contribution in [3.63, 3.8) is 0 Å². The number of amides is 1. The van der Waals surface area contributed by atoms with Gasteiger partial charge in [-0.3, -0.25) is 9.69 Å². The highest BCUT2D eigenvalue weighted by Crippen LogP contribution is 2.25. The largest absolute Gasteiger partial charge is 0.355 e. The third-order valence-electron chi connectivity index (χ3n) is 6.05. The highest BCUT2D eigenvalue weighted by Gasteiger charge is 2.22. The molecule has 1 saturated heterocycles. The lowest BCUT2D eigenvalue weighted by atomic mass is 9.96. The van der Waals surface area contributed by atoms with Crippen LogP contribution in [0.4, 0.5) is 4.39 Å². The van der Waals surface area contributed by atoms with Crippen LogP contribution in [-0.2, 0) is 16.6 Å². The number of hydrogen-bond donors (Lipinski definition) is 2. The second kappa shape index (κ2) is 10.0. The number of nitrogens with one attached hydrogen (secondary N) is 1. The van der Waals surface area contributed by atoms with E-state index in [-0.39, 0.29) is 27.8 Å². The molecule has 1 amide bonds. The molecule has 1 aliphatic rings. The van der Waals surface area contributed by atoms with Gasteiger partial charge in [0.25, 0.3) is 5.91 Å². The molecule has 10 heteroatoms. The summed E-state index contributed by atoms with van der Waals surface area (Å²) in [5.41, 5.74) is 2.20. The van der Waals surface area contributed by atoms with Gasteiger partial charge in [0, 0.05) is 19.2 Å². The van der Waals surface area contributed by atoms with Gasteiger partial charge in [-0.25, -0.2) is 17.9 Å². The van der Waals surface area contributed by atoms with Crippen LogP contribution < -0.4 is 10.5 Å². The molecule has 8 nitrogen and oxygen atoms in total. The van der Waals surface area contributed by atoms with Gasteiger partial charge in [0.2, 0.25) is 10.0 Å². The van der Waals surface area contributed by atoms with E-state index in [1.165, 1.54) is 24.3 Å². The van der Waals surface area contributed by atoms with Crippen molar-refractivity contribution in [3.05, 3.63) is 71.2 Å². The number of hydrogen-bond acceptors (Lipinski definition) is 6. The summed E-state index contributed by atoms with van der Waals surface area (Å²) in [7, 11) is -3.69. The van der Waals surface area contributed by atoms with Crippen LogP contribution in [-0.4, -0.2) is 44.0 Å². The molecule has 4 rings (SSSR count). The Morgan fingerprint density at radius 1 is 1.18 bits per heavy atom. The number of nitrogens with two attached hydrogens (primary N) is 1. The molecule has 2 aromatic carbocycles. The van der Waals surface area contributed by atoms with Crippen LogP contribution in [0.3, 0.4) is 0 Å². The number of carbonyl (C=O) groups is 1. The summed E-state index contributed by atoms with van der Waals surface area (Å²) >= 11 is 0. The van der Waals surface area contributed by atoms with E-state index in [4.69, 9.17) is 9.66 Å². The summed E-state index contributed by atoms with van der Waals surface area (Å²) in [6, 6.07) is 12.8. The molecule has 34 heavy (non-hydrogen) atoms. The lowest BCUT2D eigenvalue weighted by Crippen LogP contribution is -2.38. The minimum absolute atomic E-state index is 0.105. The Balaban J connectivity index is 1.24. The monoisotopic (exact) mass is 486 g/mol. The molecule has 0 aliphatic carbocycles. The second-order valence-corrected chi connectivity index (χ2v) is 10.2. The lowest BCUT2D eigenvalue weighted by Gasteiger charge is -2.32. The summed E-state index contributed by atoms with van der Waals surface area (Å²) in [4.78, 5) is 14.9. The molecule has 1 aromatic heterocycles. The second-order valence-electron chi connectivity index (χ2n) is 8.68. The van der Waals surface area contributed by atoms with Gasteiger partial charge < -0.3 is 9.84 Å². The highest BCUT2D eigenvalue weighted by molar-refractivity contribution is 7.89. The Morgan fingerprint density at radius 3 is 2.53 bits per heavy atom. The van der Waals surface area contributed by atoms with Crippen molar-refractivity contribution in [2.45, 2.75) is 31.2 Å². The molecule has 0 saturated carbocycles. The van der Waals surface area contributed by atoms with E-state index in [9.17, 15) is 17.6 Å². The highest BCUT2D eigenvalue weighted by atomic mass is 32.2. The van der Waals surface area contributed by atoms with Crippen LogP contribution in [0, 0.1) is 18.7 Å². The number of aromatic nitrogens is 1. The molecule has 0 bridgehead atoms. The van der Waals surface area contributed by atoms with Gasteiger partial charge in [-0.15, -0.1) is 0 Å². The maximum Gasteiger partial charge on any atom is 0.273 e. The van der Waals surface area contributed by atoms with Crippen LogP contribution >= 0.6 is 0 Å². The molecule has 0 atom stereocenters. The molecular weight excluding hydrogens is 459 g/mol. The van der Waals surface area contributed by atoms with E-state index < -0.39 is 15.8 Å². The van der Waals surface area contributed by atoms with Crippen LogP contribution in [0.1, 0.15) is 34.5 Å². The zero-order chi connectivity index (χ0) is 24.3. The maximum atomic E-state index is 14.2. The molecule has 2 heterocycles. The molecule has 0 radical (unpaired) electrons. The first kappa shape index (κ1) is 24.1. The Morgan fingerprint density at radius 2 is 1.88 bits per heavy atom. The van der Waals surface area contributed by atoms with Gasteiger partial charge in [0.15, 0.2) is 11.5 Å². The minimum Gasteiger partial charge on any atom is -0.355 e. The Bertz CT molecular complexity index is 1270. The summed E-state index contributed by atoms with van der Waals surface area (Å²) in [5.74, 6) is -0.214. The molecule has 1 fully saturated rings. The van der Waals surface area contributed by atoms with E-state index in [1.807, 2.05) is 0 Å². The Kier molecular flexibility index (Phi) is 7.11. The third-order valence-corrected chi connectivity index (χ3v) is 6.98. The summed E-state index contributed by atoms with van der Waals surface area (Å²) in [5, 5.41) is 11.8. The standard InChI is InChI=1S/C24H27FN4O4S/c1-16-2-7-20(21(25)12-16)23-13-22(28-33-23)24(30)27-14-17-8-10-29(11-9-17)15-18-3-5-19(6-4-18)34(26,31)32/h2-7,12-13,17H,8-11,14-15H2,1H3,(H,27,30)(H2,26,31,32). The normalized spacial score (nSPS) is 15.4. The topological polar surface area (TPSA) is 119 Å². The number of halogens is 1. The SMILES string of the molecule is Cc1ccc(-c2cc(C(=O)NCC3CCN(Cc4ccc(S(N)(=O)=O)cc4)CC3)no2)c(F)c1.